The second-order valence-corrected chi connectivity index (χ2v) is 11.6. The van der Waals surface area contributed by atoms with Crippen molar-refractivity contribution in [3.63, 3.8) is 0 Å². The molecule has 10 heteroatoms. The monoisotopic (exact) mass is 563 g/mol. The predicted molar refractivity (Wildman–Crippen MR) is 146 cm³/mol. The molecular weight excluding hydrogens is 534 g/mol. The number of amides is 3. The van der Waals surface area contributed by atoms with E-state index in [1.807, 2.05) is 24.3 Å². The second kappa shape index (κ2) is 9.82. The lowest BCUT2D eigenvalue weighted by atomic mass is 9.74. The van der Waals surface area contributed by atoms with Crippen molar-refractivity contribution in [2.75, 3.05) is 12.1 Å². The number of fused-ring (bicyclic) bond motifs is 2. The molecule has 4 heterocycles. The highest BCUT2D eigenvalue weighted by Gasteiger charge is 2.72. The topological polar surface area (TPSA) is 106 Å². The van der Waals surface area contributed by atoms with Gasteiger partial charge in [-0.2, -0.15) is 0 Å². The summed E-state index contributed by atoms with van der Waals surface area (Å²) >= 11 is 6.00. The molecule has 1 spiro atoms. The fourth-order valence-corrected chi connectivity index (χ4v) is 7.09. The van der Waals surface area contributed by atoms with Crippen LogP contribution in [0.25, 0.3) is 0 Å². The Hall–Kier alpha value is -3.56. The van der Waals surface area contributed by atoms with Crippen LogP contribution >= 0.6 is 11.6 Å². The molecule has 40 heavy (non-hydrogen) atoms. The van der Waals surface area contributed by atoms with Crippen molar-refractivity contribution in [3.05, 3.63) is 65.2 Å². The number of hydrogen-bond acceptors (Lipinski definition) is 6. The summed E-state index contributed by atoms with van der Waals surface area (Å²) < 4.78 is 17.4. The standard InChI is InChI=1S/C30H30ClN3O6/c31-18-7-9-20(10-8-18)32-27(35)24-22-12-13-30(40-22)25(24)29(37)34(15-17-6-11-21-23(14-17)39-16-38-21)26(30)28(36)33-19-4-2-1-3-5-19/h6-14,19,22,24-26H,1-5,15-16H2,(H,32,35)(H,33,36)/t22-,24+,25-,26+,30-/m0/s1. The van der Waals surface area contributed by atoms with Gasteiger partial charge in [-0.05, 0) is 54.8 Å². The molecule has 3 amide bonds. The summed E-state index contributed by atoms with van der Waals surface area (Å²) in [6.07, 6.45) is 8.17. The first-order chi connectivity index (χ1) is 19.4. The Labute approximate surface area is 236 Å². The quantitative estimate of drug-likeness (QED) is 0.518. The number of likely N-dealkylation sites (tertiary alicyclic amines) is 1. The van der Waals surface area contributed by atoms with Gasteiger partial charge in [-0.15, -0.1) is 0 Å². The van der Waals surface area contributed by atoms with E-state index in [1.54, 1.807) is 35.2 Å². The Bertz CT molecular complexity index is 1390. The van der Waals surface area contributed by atoms with E-state index in [0.29, 0.717) is 22.2 Å². The highest BCUT2D eigenvalue weighted by atomic mass is 35.5. The number of halogens is 1. The number of anilines is 1. The van der Waals surface area contributed by atoms with E-state index in [0.717, 1.165) is 37.7 Å². The number of carbonyl (C=O) groups excluding carboxylic acids is 3. The highest BCUT2D eigenvalue weighted by Crippen LogP contribution is 2.55. The van der Waals surface area contributed by atoms with Crippen LogP contribution in [0.5, 0.6) is 11.5 Å². The maximum absolute atomic E-state index is 14.2. The Morgan fingerprint density at radius 3 is 2.58 bits per heavy atom. The third-order valence-corrected chi connectivity index (χ3v) is 9.03. The van der Waals surface area contributed by atoms with Crippen molar-refractivity contribution >= 4 is 35.0 Å². The van der Waals surface area contributed by atoms with Gasteiger partial charge in [0.05, 0.1) is 17.9 Å². The summed E-state index contributed by atoms with van der Waals surface area (Å²) in [5.41, 5.74) is 0.147. The summed E-state index contributed by atoms with van der Waals surface area (Å²) in [5, 5.41) is 6.68. The Balaban J connectivity index is 1.21. The van der Waals surface area contributed by atoms with E-state index in [9.17, 15) is 14.4 Å². The second-order valence-electron chi connectivity index (χ2n) is 11.2. The van der Waals surface area contributed by atoms with Gasteiger partial charge < -0.3 is 29.7 Å². The molecule has 7 rings (SSSR count). The summed E-state index contributed by atoms with van der Waals surface area (Å²) in [6, 6.07) is 11.4. The average Bonchev–Trinajstić information content (AvgIpc) is 3.71. The zero-order valence-electron chi connectivity index (χ0n) is 21.8. The van der Waals surface area contributed by atoms with E-state index in [-0.39, 0.29) is 37.1 Å². The van der Waals surface area contributed by atoms with Gasteiger partial charge in [0.1, 0.15) is 11.6 Å². The van der Waals surface area contributed by atoms with E-state index in [4.69, 9.17) is 25.8 Å². The van der Waals surface area contributed by atoms with Crippen LogP contribution in [0.1, 0.15) is 37.7 Å². The molecule has 2 saturated heterocycles. The molecule has 2 aromatic rings. The minimum atomic E-state index is -1.22. The van der Waals surface area contributed by atoms with Crippen LogP contribution in [0, 0.1) is 11.8 Å². The largest absolute Gasteiger partial charge is 0.454 e. The normalized spacial score (nSPS) is 30.0. The molecule has 0 radical (unpaired) electrons. The number of rotatable bonds is 6. The molecule has 5 atom stereocenters. The molecule has 0 aromatic heterocycles. The third-order valence-electron chi connectivity index (χ3n) is 8.78. The first-order valence-electron chi connectivity index (χ1n) is 13.9. The Kier molecular flexibility index (Phi) is 6.24. The van der Waals surface area contributed by atoms with E-state index in [1.165, 1.54) is 0 Å². The molecule has 208 valence electrons. The molecule has 2 aromatic carbocycles. The van der Waals surface area contributed by atoms with Crippen molar-refractivity contribution in [2.45, 2.75) is 62.4 Å². The number of ether oxygens (including phenoxy) is 3. The van der Waals surface area contributed by atoms with Gasteiger partial charge in [0.15, 0.2) is 11.5 Å². The van der Waals surface area contributed by atoms with Gasteiger partial charge in [-0.25, -0.2) is 0 Å². The molecular formula is C30H30ClN3O6. The maximum atomic E-state index is 14.2. The van der Waals surface area contributed by atoms with Crippen molar-refractivity contribution in [1.82, 2.24) is 10.2 Å². The molecule has 9 nitrogen and oxygen atoms in total. The summed E-state index contributed by atoms with van der Waals surface area (Å²) in [6.45, 7) is 0.313. The lowest BCUT2D eigenvalue weighted by Crippen LogP contribution is -2.56. The van der Waals surface area contributed by atoms with Gasteiger partial charge in [0.25, 0.3) is 0 Å². The molecule has 5 aliphatic rings. The first kappa shape index (κ1) is 25.4. The summed E-state index contributed by atoms with van der Waals surface area (Å²) in [5.74, 6) is -1.21. The highest BCUT2D eigenvalue weighted by molar-refractivity contribution is 6.30. The summed E-state index contributed by atoms with van der Waals surface area (Å²) in [7, 11) is 0. The van der Waals surface area contributed by atoms with Gasteiger partial charge in [-0.3, -0.25) is 14.4 Å². The molecule has 2 bridgehead atoms. The van der Waals surface area contributed by atoms with Crippen LogP contribution < -0.4 is 20.1 Å². The third kappa shape index (κ3) is 4.14. The van der Waals surface area contributed by atoms with Crippen LogP contribution in [0.3, 0.4) is 0 Å². The Morgan fingerprint density at radius 1 is 1.00 bits per heavy atom. The van der Waals surface area contributed by atoms with Crippen molar-refractivity contribution in [3.8, 4) is 11.5 Å². The first-order valence-corrected chi connectivity index (χ1v) is 14.2. The van der Waals surface area contributed by atoms with Crippen LogP contribution in [0.2, 0.25) is 5.02 Å². The zero-order valence-corrected chi connectivity index (χ0v) is 22.6. The minimum absolute atomic E-state index is 0.0609. The minimum Gasteiger partial charge on any atom is -0.454 e. The van der Waals surface area contributed by atoms with Crippen LogP contribution in [-0.4, -0.2) is 53.2 Å². The average molecular weight is 564 g/mol. The number of nitrogens with zero attached hydrogens (tertiary/aromatic N) is 1. The zero-order chi connectivity index (χ0) is 27.4. The fraction of sp³-hybridized carbons (Fsp3) is 0.433. The SMILES string of the molecule is O=C(Nc1ccc(Cl)cc1)[C@@H]1[C@@H]2C=C[C@]3(O2)[C@@H]1C(=O)N(Cc1ccc2c(c1)OCO2)[C@@H]3C(=O)NC1CCCCC1. The predicted octanol–water partition coefficient (Wildman–Crippen LogP) is 3.81. The van der Waals surface area contributed by atoms with Crippen molar-refractivity contribution in [2.24, 2.45) is 11.8 Å². The van der Waals surface area contributed by atoms with Gasteiger partial charge in [-0.1, -0.05) is 49.1 Å². The molecule has 4 aliphatic heterocycles. The van der Waals surface area contributed by atoms with E-state index < -0.39 is 29.6 Å². The van der Waals surface area contributed by atoms with E-state index in [2.05, 4.69) is 10.6 Å². The smallest absolute Gasteiger partial charge is 0.246 e. The van der Waals surface area contributed by atoms with Crippen LogP contribution in [0.15, 0.2) is 54.6 Å². The van der Waals surface area contributed by atoms with Crippen molar-refractivity contribution in [1.29, 1.82) is 0 Å². The Morgan fingerprint density at radius 2 is 1.77 bits per heavy atom. The molecule has 1 saturated carbocycles. The van der Waals surface area contributed by atoms with E-state index >= 15 is 0 Å². The molecule has 0 unspecified atom stereocenters. The van der Waals surface area contributed by atoms with Crippen LogP contribution in [-0.2, 0) is 25.7 Å². The van der Waals surface area contributed by atoms with Gasteiger partial charge in [0, 0.05) is 23.3 Å². The molecule has 3 fully saturated rings. The number of benzene rings is 2. The van der Waals surface area contributed by atoms with Gasteiger partial charge in [0.2, 0.25) is 24.5 Å². The number of carbonyl (C=O) groups is 3. The lowest BCUT2D eigenvalue weighted by Gasteiger charge is -2.34. The van der Waals surface area contributed by atoms with Crippen molar-refractivity contribution < 1.29 is 28.6 Å². The number of nitrogens with one attached hydrogen (secondary N) is 2. The molecule has 2 N–H and O–H groups in total. The fourth-order valence-electron chi connectivity index (χ4n) is 6.96. The maximum Gasteiger partial charge on any atom is 0.246 e. The molecule has 1 aliphatic carbocycles. The summed E-state index contributed by atoms with van der Waals surface area (Å²) in [4.78, 5) is 43.4. The number of hydrogen-bond donors (Lipinski definition) is 2. The lowest BCUT2D eigenvalue weighted by molar-refractivity contribution is -0.142. The van der Waals surface area contributed by atoms with Gasteiger partial charge >= 0.3 is 0 Å². The van der Waals surface area contributed by atoms with Crippen LogP contribution in [0.4, 0.5) is 5.69 Å².